The molecule has 1 saturated carbocycles. The van der Waals surface area contributed by atoms with Crippen LogP contribution in [0.1, 0.15) is 26.7 Å². The molecular weight excluding hydrogens is 180 g/mol. The van der Waals surface area contributed by atoms with Crippen molar-refractivity contribution < 1.29 is 9.53 Å². The van der Waals surface area contributed by atoms with E-state index in [-0.39, 0.29) is 11.9 Å². The van der Waals surface area contributed by atoms with E-state index in [9.17, 15) is 4.79 Å². The molecule has 0 aromatic rings. The summed E-state index contributed by atoms with van der Waals surface area (Å²) in [5.41, 5.74) is 0. The summed E-state index contributed by atoms with van der Waals surface area (Å²) in [6, 6.07) is 0.686. The molecule has 2 N–H and O–H groups in total. The molecule has 1 atom stereocenters. The quantitative estimate of drug-likeness (QED) is 0.620. The van der Waals surface area contributed by atoms with Crippen LogP contribution in [0.4, 0.5) is 0 Å². The van der Waals surface area contributed by atoms with Gasteiger partial charge >= 0.3 is 0 Å². The van der Waals surface area contributed by atoms with Gasteiger partial charge in [0.2, 0.25) is 5.91 Å². The van der Waals surface area contributed by atoms with Crippen LogP contribution in [0.5, 0.6) is 0 Å². The van der Waals surface area contributed by atoms with Crippen LogP contribution >= 0.6 is 0 Å². The van der Waals surface area contributed by atoms with Gasteiger partial charge in [0.1, 0.15) is 0 Å². The van der Waals surface area contributed by atoms with Crippen LogP contribution in [0.2, 0.25) is 0 Å². The summed E-state index contributed by atoms with van der Waals surface area (Å²) in [6.45, 7) is 5.75. The molecule has 0 bridgehead atoms. The van der Waals surface area contributed by atoms with Crippen LogP contribution in [0.15, 0.2) is 0 Å². The standard InChI is InChI=1S/C10H20N2O2/c1-3-14-7-8(2)11-6-10(13)12-9-4-5-9/h8-9,11H,3-7H2,1-2H3,(H,12,13)/t8-/m0/s1. The molecule has 14 heavy (non-hydrogen) atoms. The number of nitrogens with one attached hydrogen (secondary N) is 2. The average molecular weight is 200 g/mol. The number of ether oxygens (including phenoxy) is 1. The van der Waals surface area contributed by atoms with E-state index in [1.54, 1.807) is 0 Å². The van der Waals surface area contributed by atoms with Gasteiger partial charge in [-0.15, -0.1) is 0 Å². The fourth-order valence-corrected chi connectivity index (χ4v) is 1.13. The minimum atomic E-state index is 0.0934. The Morgan fingerprint density at radius 1 is 1.57 bits per heavy atom. The summed E-state index contributed by atoms with van der Waals surface area (Å²) < 4.78 is 5.23. The van der Waals surface area contributed by atoms with E-state index in [0.717, 1.165) is 19.4 Å². The first-order valence-electron chi connectivity index (χ1n) is 5.33. The highest BCUT2D eigenvalue weighted by Crippen LogP contribution is 2.18. The third-order valence-corrected chi connectivity index (χ3v) is 2.13. The number of carbonyl (C=O) groups is 1. The predicted octanol–water partition coefficient (Wildman–Crippen LogP) is 0.280. The summed E-state index contributed by atoms with van der Waals surface area (Å²) in [4.78, 5) is 11.3. The van der Waals surface area contributed by atoms with E-state index in [4.69, 9.17) is 4.74 Å². The molecule has 1 amide bonds. The Labute approximate surface area is 85.4 Å². The molecule has 4 nitrogen and oxygen atoms in total. The van der Waals surface area contributed by atoms with Gasteiger partial charge in [-0.05, 0) is 26.7 Å². The average Bonchev–Trinajstić information content (AvgIpc) is 2.95. The number of rotatable bonds is 7. The second-order valence-corrected chi connectivity index (χ2v) is 3.78. The van der Waals surface area contributed by atoms with Gasteiger partial charge in [-0.3, -0.25) is 4.79 Å². The van der Waals surface area contributed by atoms with Crippen molar-refractivity contribution in [3.63, 3.8) is 0 Å². The van der Waals surface area contributed by atoms with Crippen molar-refractivity contribution in [2.75, 3.05) is 19.8 Å². The first-order chi connectivity index (χ1) is 6.72. The highest BCUT2D eigenvalue weighted by Gasteiger charge is 2.22. The number of amides is 1. The van der Waals surface area contributed by atoms with E-state index < -0.39 is 0 Å². The minimum absolute atomic E-state index is 0.0934. The van der Waals surface area contributed by atoms with Crippen molar-refractivity contribution in [3.8, 4) is 0 Å². The lowest BCUT2D eigenvalue weighted by Gasteiger charge is -2.13. The smallest absolute Gasteiger partial charge is 0.234 e. The fraction of sp³-hybridized carbons (Fsp3) is 0.900. The lowest BCUT2D eigenvalue weighted by molar-refractivity contribution is -0.120. The molecule has 0 heterocycles. The van der Waals surface area contributed by atoms with E-state index in [2.05, 4.69) is 10.6 Å². The fourth-order valence-electron chi connectivity index (χ4n) is 1.13. The van der Waals surface area contributed by atoms with Crippen molar-refractivity contribution in [1.82, 2.24) is 10.6 Å². The Hall–Kier alpha value is -0.610. The zero-order valence-electron chi connectivity index (χ0n) is 9.01. The van der Waals surface area contributed by atoms with Crippen LogP contribution in [0, 0.1) is 0 Å². The Morgan fingerprint density at radius 2 is 2.29 bits per heavy atom. The van der Waals surface area contributed by atoms with Crippen LogP contribution in [-0.2, 0) is 9.53 Å². The molecule has 0 saturated heterocycles. The van der Waals surface area contributed by atoms with Gasteiger partial charge in [0.15, 0.2) is 0 Å². The second-order valence-electron chi connectivity index (χ2n) is 3.78. The lowest BCUT2D eigenvalue weighted by Crippen LogP contribution is -2.40. The van der Waals surface area contributed by atoms with Crippen LogP contribution in [0.3, 0.4) is 0 Å². The van der Waals surface area contributed by atoms with Gasteiger partial charge in [0.25, 0.3) is 0 Å². The first-order valence-corrected chi connectivity index (χ1v) is 5.33. The monoisotopic (exact) mass is 200 g/mol. The van der Waals surface area contributed by atoms with E-state index >= 15 is 0 Å². The van der Waals surface area contributed by atoms with Gasteiger partial charge < -0.3 is 15.4 Å². The molecule has 0 aromatic carbocycles. The molecule has 0 aliphatic heterocycles. The Bertz CT molecular complexity index is 181. The van der Waals surface area contributed by atoms with Crippen LogP contribution in [0.25, 0.3) is 0 Å². The maximum Gasteiger partial charge on any atom is 0.234 e. The van der Waals surface area contributed by atoms with Crippen LogP contribution in [-0.4, -0.2) is 37.7 Å². The Morgan fingerprint density at radius 3 is 2.86 bits per heavy atom. The molecule has 0 unspecified atom stereocenters. The molecule has 1 rings (SSSR count). The number of carbonyl (C=O) groups excluding carboxylic acids is 1. The zero-order chi connectivity index (χ0) is 10.4. The molecule has 0 radical (unpaired) electrons. The van der Waals surface area contributed by atoms with Crippen molar-refractivity contribution in [3.05, 3.63) is 0 Å². The van der Waals surface area contributed by atoms with Crippen molar-refractivity contribution in [2.45, 2.75) is 38.8 Å². The van der Waals surface area contributed by atoms with E-state index in [0.29, 0.717) is 19.2 Å². The molecular formula is C10H20N2O2. The highest BCUT2D eigenvalue weighted by molar-refractivity contribution is 5.78. The van der Waals surface area contributed by atoms with Gasteiger partial charge in [-0.2, -0.15) is 0 Å². The van der Waals surface area contributed by atoms with Gasteiger partial charge in [0, 0.05) is 18.7 Å². The maximum atomic E-state index is 11.3. The summed E-state index contributed by atoms with van der Waals surface area (Å²) >= 11 is 0. The maximum absolute atomic E-state index is 11.3. The summed E-state index contributed by atoms with van der Waals surface area (Å²) in [6.07, 6.45) is 2.28. The SMILES string of the molecule is CCOC[C@H](C)NCC(=O)NC1CC1. The summed E-state index contributed by atoms with van der Waals surface area (Å²) in [7, 11) is 0. The Kier molecular flexibility index (Phi) is 4.90. The number of hydrogen-bond acceptors (Lipinski definition) is 3. The molecule has 1 aliphatic carbocycles. The van der Waals surface area contributed by atoms with Crippen LogP contribution < -0.4 is 10.6 Å². The van der Waals surface area contributed by atoms with E-state index in [1.807, 2.05) is 13.8 Å². The molecule has 0 spiro atoms. The summed E-state index contributed by atoms with van der Waals surface area (Å²) in [5, 5.41) is 6.04. The number of hydrogen-bond donors (Lipinski definition) is 2. The molecule has 1 aliphatic rings. The van der Waals surface area contributed by atoms with Gasteiger partial charge in [0.05, 0.1) is 13.2 Å². The molecule has 4 heteroatoms. The minimum Gasteiger partial charge on any atom is -0.380 e. The van der Waals surface area contributed by atoms with Crippen molar-refractivity contribution >= 4 is 5.91 Å². The highest BCUT2D eigenvalue weighted by atomic mass is 16.5. The Balaban J connectivity index is 1.97. The predicted molar refractivity (Wildman–Crippen MR) is 55.1 cm³/mol. The zero-order valence-corrected chi connectivity index (χ0v) is 9.01. The molecule has 82 valence electrons. The third kappa shape index (κ3) is 5.19. The van der Waals surface area contributed by atoms with Crippen molar-refractivity contribution in [1.29, 1.82) is 0 Å². The first kappa shape index (κ1) is 11.5. The lowest BCUT2D eigenvalue weighted by atomic mass is 10.3. The summed E-state index contributed by atoms with van der Waals surface area (Å²) in [5.74, 6) is 0.0934. The largest absolute Gasteiger partial charge is 0.380 e. The normalized spacial score (nSPS) is 17.9. The topological polar surface area (TPSA) is 50.4 Å². The van der Waals surface area contributed by atoms with Gasteiger partial charge in [-0.1, -0.05) is 0 Å². The molecule has 1 fully saturated rings. The van der Waals surface area contributed by atoms with Gasteiger partial charge in [-0.25, -0.2) is 0 Å². The van der Waals surface area contributed by atoms with Crippen molar-refractivity contribution in [2.24, 2.45) is 0 Å². The second kappa shape index (κ2) is 5.98. The molecule has 0 aromatic heterocycles. The third-order valence-electron chi connectivity index (χ3n) is 2.13. The van der Waals surface area contributed by atoms with E-state index in [1.165, 1.54) is 0 Å².